The summed E-state index contributed by atoms with van der Waals surface area (Å²) >= 11 is 0. The zero-order valence-electron chi connectivity index (χ0n) is 18.4. The summed E-state index contributed by atoms with van der Waals surface area (Å²) in [6.07, 6.45) is 0.406. The molecule has 0 aliphatic carbocycles. The number of furan rings is 1. The molecule has 1 saturated heterocycles. The van der Waals surface area contributed by atoms with E-state index in [1.807, 2.05) is 12.1 Å². The molecule has 4 rings (SSSR count). The van der Waals surface area contributed by atoms with Gasteiger partial charge < -0.3 is 14.1 Å². The van der Waals surface area contributed by atoms with Crippen LogP contribution in [-0.4, -0.2) is 34.2 Å². The maximum absolute atomic E-state index is 13.1. The molecule has 0 saturated carbocycles. The van der Waals surface area contributed by atoms with Crippen LogP contribution >= 0.6 is 0 Å². The Hall–Kier alpha value is -3.82. The Morgan fingerprint density at radius 3 is 2.71 bits per heavy atom. The third-order valence-electron chi connectivity index (χ3n) is 5.31. The number of hydrogen-bond acceptors (Lipinski definition) is 5. The van der Waals surface area contributed by atoms with Crippen LogP contribution in [0.4, 0.5) is 23.8 Å². The molecule has 0 radical (unpaired) electrons. The third-order valence-corrected chi connectivity index (χ3v) is 5.31. The van der Waals surface area contributed by atoms with Gasteiger partial charge in [-0.25, -0.2) is 4.79 Å². The molecule has 2 aromatic heterocycles. The number of halogens is 3. The highest BCUT2D eigenvalue weighted by Gasteiger charge is 2.38. The summed E-state index contributed by atoms with van der Waals surface area (Å²) in [4.78, 5) is 14.1. The Balaban J connectivity index is 1.34. The molecule has 0 atom stereocenters. The molecule has 2 amide bonds. The van der Waals surface area contributed by atoms with Crippen LogP contribution < -0.4 is 10.1 Å². The highest BCUT2D eigenvalue weighted by molar-refractivity contribution is 5.88. The number of alkyl halides is 3. The quantitative estimate of drug-likeness (QED) is 0.516. The van der Waals surface area contributed by atoms with Crippen molar-refractivity contribution in [2.24, 2.45) is 0 Å². The Labute approximate surface area is 194 Å². The standard InChI is InChI=1S/C24H23F3N4O3/c1-16-12-19(22(34-16)24(25,26)27)15-33-20-5-2-4-18(14-20)13-17-7-10-31(11-8-17)23(32)29-21-6-3-9-28-30-21/h2-6,9,12-14H,7-8,10-11,15H2,1H3,(H,29,30,32). The predicted molar refractivity (Wildman–Crippen MR) is 119 cm³/mol. The maximum Gasteiger partial charge on any atom is 0.449 e. The van der Waals surface area contributed by atoms with Crippen LogP contribution in [0.5, 0.6) is 5.75 Å². The maximum atomic E-state index is 13.1. The normalized spacial score (nSPS) is 14.1. The van der Waals surface area contributed by atoms with Gasteiger partial charge in [0.2, 0.25) is 5.76 Å². The van der Waals surface area contributed by atoms with Crippen molar-refractivity contribution in [3.63, 3.8) is 0 Å². The number of nitrogens with one attached hydrogen (secondary N) is 1. The van der Waals surface area contributed by atoms with E-state index in [0.29, 0.717) is 37.5 Å². The number of aryl methyl sites for hydroxylation is 1. The molecular formula is C24H23F3N4O3. The topological polar surface area (TPSA) is 80.5 Å². The fourth-order valence-corrected chi connectivity index (χ4v) is 3.70. The summed E-state index contributed by atoms with van der Waals surface area (Å²) < 4.78 is 49.7. The first kappa shape index (κ1) is 23.3. The van der Waals surface area contributed by atoms with E-state index in [1.54, 1.807) is 35.2 Å². The number of carbonyl (C=O) groups excluding carboxylic acids is 1. The molecular weight excluding hydrogens is 449 g/mol. The lowest BCUT2D eigenvalue weighted by atomic mass is 10.0. The molecule has 10 heteroatoms. The summed E-state index contributed by atoms with van der Waals surface area (Å²) in [5.41, 5.74) is 2.01. The van der Waals surface area contributed by atoms with Gasteiger partial charge in [-0.2, -0.15) is 18.3 Å². The van der Waals surface area contributed by atoms with Gasteiger partial charge in [-0.05, 0) is 55.7 Å². The van der Waals surface area contributed by atoms with E-state index in [-0.39, 0.29) is 24.0 Å². The lowest BCUT2D eigenvalue weighted by Gasteiger charge is -2.28. The van der Waals surface area contributed by atoms with Gasteiger partial charge in [0.1, 0.15) is 18.1 Å². The van der Waals surface area contributed by atoms with Gasteiger partial charge in [0.15, 0.2) is 5.82 Å². The Bertz CT molecular complexity index is 1170. The van der Waals surface area contributed by atoms with Crippen molar-refractivity contribution in [1.29, 1.82) is 0 Å². The fourth-order valence-electron chi connectivity index (χ4n) is 3.70. The van der Waals surface area contributed by atoms with Crippen LogP contribution in [0.3, 0.4) is 0 Å². The molecule has 0 bridgehead atoms. The highest BCUT2D eigenvalue weighted by atomic mass is 19.4. The molecule has 1 aliphatic heterocycles. The highest BCUT2D eigenvalue weighted by Crippen LogP contribution is 2.34. The van der Waals surface area contributed by atoms with Crippen LogP contribution in [0.25, 0.3) is 6.08 Å². The second-order valence-electron chi connectivity index (χ2n) is 7.90. The van der Waals surface area contributed by atoms with Gasteiger partial charge in [-0.15, -0.1) is 5.10 Å². The predicted octanol–water partition coefficient (Wildman–Crippen LogP) is 5.69. The van der Waals surface area contributed by atoms with E-state index in [0.717, 1.165) is 5.56 Å². The van der Waals surface area contributed by atoms with Crippen LogP contribution in [0.1, 0.15) is 35.5 Å². The number of benzene rings is 1. The number of hydrogen-bond donors (Lipinski definition) is 1. The van der Waals surface area contributed by atoms with Gasteiger partial charge in [-0.3, -0.25) is 5.32 Å². The van der Waals surface area contributed by atoms with Crippen molar-refractivity contribution in [3.8, 4) is 5.75 Å². The van der Waals surface area contributed by atoms with Gasteiger partial charge in [0, 0.05) is 24.8 Å². The van der Waals surface area contributed by atoms with E-state index in [2.05, 4.69) is 15.5 Å². The van der Waals surface area contributed by atoms with Gasteiger partial charge in [-0.1, -0.05) is 23.8 Å². The molecule has 1 aromatic carbocycles. The van der Waals surface area contributed by atoms with E-state index in [9.17, 15) is 18.0 Å². The number of piperidine rings is 1. The number of urea groups is 1. The monoisotopic (exact) mass is 472 g/mol. The minimum Gasteiger partial charge on any atom is -0.489 e. The van der Waals surface area contributed by atoms with Crippen molar-refractivity contribution in [2.45, 2.75) is 32.5 Å². The summed E-state index contributed by atoms with van der Waals surface area (Å²) in [6, 6.07) is 11.6. The molecule has 178 valence electrons. The minimum absolute atomic E-state index is 0.0408. The third kappa shape index (κ3) is 5.94. The molecule has 0 unspecified atom stereocenters. The van der Waals surface area contributed by atoms with Crippen molar-refractivity contribution in [1.82, 2.24) is 15.1 Å². The number of anilines is 1. The van der Waals surface area contributed by atoms with Crippen LogP contribution in [0, 0.1) is 6.92 Å². The molecule has 1 aliphatic rings. The van der Waals surface area contributed by atoms with Gasteiger partial charge >= 0.3 is 12.2 Å². The van der Waals surface area contributed by atoms with E-state index < -0.39 is 11.9 Å². The molecule has 3 aromatic rings. The number of nitrogens with zero attached hydrogens (tertiary/aromatic N) is 3. The molecule has 1 fully saturated rings. The zero-order chi connectivity index (χ0) is 24.1. The number of aromatic nitrogens is 2. The zero-order valence-corrected chi connectivity index (χ0v) is 18.4. The van der Waals surface area contributed by atoms with Crippen molar-refractivity contribution in [3.05, 3.63) is 76.9 Å². The van der Waals surface area contributed by atoms with Crippen molar-refractivity contribution in [2.75, 3.05) is 18.4 Å². The number of likely N-dealkylation sites (tertiary alicyclic amines) is 1. The van der Waals surface area contributed by atoms with Crippen LogP contribution in [0.15, 0.2) is 58.7 Å². The largest absolute Gasteiger partial charge is 0.489 e. The summed E-state index contributed by atoms with van der Waals surface area (Å²) in [5, 5.41) is 10.3. The first-order valence-corrected chi connectivity index (χ1v) is 10.7. The summed E-state index contributed by atoms with van der Waals surface area (Å²) in [5.74, 6) is 0.0141. The van der Waals surface area contributed by atoms with Gasteiger partial charge in [0.05, 0.1) is 0 Å². The fraction of sp³-hybridized carbons (Fsp3) is 0.292. The summed E-state index contributed by atoms with van der Waals surface area (Å²) in [6.45, 7) is 2.35. The first-order valence-electron chi connectivity index (χ1n) is 10.7. The first-order chi connectivity index (χ1) is 16.3. The summed E-state index contributed by atoms with van der Waals surface area (Å²) in [7, 11) is 0. The lowest BCUT2D eigenvalue weighted by molar-refractivity contribution is -0.154. The Morgan fingerprint density at radius 2 is 2.00 bits per heavy atom. The number of amides is 2. The SMILES string of the molecule is Cc1cc(COc2cccc(C=C3CCN(C(=O)Nc4cccnn4)CC3)c2)c(C(F)(F)F)o1. The lowest BCUT2D eigenvalue weighted by Crippen LogP contribution is -2.39. The molecule has 7 nitrogen and oxygen atoms in total. The average molecular weight is 472 g/mol. The second-order valence-corrected chi connectivity index (χ2v) is 7.90. The smallest absolute Gasteiger partial charge is 0.449 e. The van der Waals surface area contributed by atoms with Crippen LogP contribution in [-0.2, 0) is 12.8 Å². The minimum atomic E-state index is -4.57. The second kappa shape index (κ2) is 9.98. The molecule has 34 heavy (non-hydrogen) atoms. The van der Waals surface area contributed by atoms with Crippen molar-refractivity contribution >= 4 is 17.9 Å². The average Bonchev–Trinajstić information content (AvgIpc) is 3.20. The molecule has 0 spiro atoms. The van der Waals surface area contributed by atoms with Gasteiger partial charge in [0.25, 0.3) is 0 Å². The van der Waals surface area contributed by atoms with E-state index in [4.69, 9.17) is 9.15 Å². The molecule has 1 N–H and O–H groups in total. The Kier molecular flexibility index (Phi) is 6.85. The number of rotatable bonds is 5. The number of ether oxygens (including phenoxy) is 1. The Morgan fingerprint density at radius 1 is 1.21 bits per heavy atom. The van der Waals surface area contributed by atoms with E-state index >= 15 is 0 Å². The molecule has 3 heterocycles. The van der Waals surface area contributed by atoms with E-state index in [1.165, 1.54) is 24.8 Å². The van der Waals surface area contributed by atoms with Crippen molar-refractivity contribution < 1.29 is 27.1 Å². The van der Waals surface area contributed by atoms with Crippen LogP contribution in [0.2, 0.25) is 0 Å². The number of carbonyl (C=O) groups is 1.